The Hall–Kier alpha value is -1.84. The van der Waals surface area contributed by atoms with Crippen molar-refractivity contribution in [1.29, 1.82) is 0 Å². The lowest BCUT2D eigenvalue weighted by Crippen LogP contribution is -1.97. The molecule has 0 bridgehead atoms. The summed E-state index contributed by atoms with van der Waals surface area (Å²) in [5.74, 6) is 0.855. The Morgan fingerprint density at radius 3 is 2.52 bits per heavy atom. The molecule has 0 aliphatic carbocycles. The molecule has 2 aromatic carbocycles. The van der Waals surface area contributed by atoms with E-state index in [9.17, 15) is 0 Å². The van der Waals surface area contributed by atoms with Gasteiger partial charge in [-0.05, 0) is 60.6 Å². The van der Waals surface area contributed by atoms with E-state index in [0.29, 0.717) is 11.8 Å². The summed E-state index contributed by atoms with van der Waals surface area (Å²) < 4.78 is 10.3. The van der Waals surface area contributed by atoms with Crippen LogP contribution in [0.4, 0.5) is 0 Å². The van der Waals surface area contributed by atoms with E-state index in [2.05, 4.69) is 55.5 Å². The third-order valence-corrected chi connectivity index (χ3v) is 5.55. The van der Waals surface area contributed by atoms with Gasteiger partial charge in [0.05, 0.1) is 4.88 Å². The number of nitrogens with zero attached hydrogens (tertiary/aromatic N) is 1. The monoisotopic (exact) mass is 371 g/mol. The fourth-order valence-electron chi connectivity index (χ4n) is 2.89. The van der Waals surface area contributed by atoms with Gasteiger partial charge in [-0.1, -0.05) is 60.8 Å². The van der Waals surface area contributed by atoms with Gasteiger partial charge < -0.3 is 4.74 Å². The van der Waals surface area contributed by atoms with Gasteiger partial charge in [0, 0.05) is 5.56 Å². The number of benzene rings is 2. The van der Waals surface area contributed by atoms with Crippen molar-refractivity contribution in [3.05, 3.63) is 69.9 Å². The summed E-state index contributed by atoms with van der Waals surface area (Å²) in [6, 6.07) is 14.7. The van der Waals surface area contributed by atoms with Crippen molar-refractivity contribution >= 4 is 23.1 Å². The van der Waals surface area contributed by atoms with Crippen molar-refractivity contribution in [2.45, 2.75) is 40.2 Å². The standard InChI is InChI=1S/C21H22ClNOS/c1-4-5-16-7-9-17(10-8-16)24-13-19-20(25-23-21(19)22)18-11-6-14(2)12-15(18)3/h6-12H,4-5,13H2,1-3H3. The van der Waals surface area contributed by atoms with Crippen LogP contribution < -0.4 is 4.74 Å². The quantitative estimate of drug-likeness (QED) is 0.486. The van der Waals surface area contributed by atoms with Crippen LogP contribution in [-0.4, -0.2) is 4.37 Å². The average Bonchev–Trinajstić information content (AvgIpc) is 2.95. The summed E-state index contributed by atoms with van der Waals surface area (Å²) in [7, 11) is 0. The second-order valence-corrected chi connectivity index (χ2v) is 7.41. The Balaban J connectivity index is 1.80. The average molecular weight is 372 g/mol. The molecule has 0 radical (unpaired) electrons. The second kappa shape index (κ2) is 8.03. The molecule has 25 heavy (non-hydrogen) atoms. The third kappa shape index (κ3) is 4.23. The van der Waals surface area contributed by atoms with Gasteiger partial charge in [-0.25, -0.2) is 0 Å². The maximum absolute atomic E-state index is 6.33. The minimum Gasteiger partial charge on any atom is -0.489 e. The topological polar surface area (TPSA) is 22.1 Å². The largest absolute Gasteiger partial charge is 0.489 e. The number of rotatable bonds is 6. The fourth-order valence-corrected chi connectivity index (χ4v) is 4.07. The number of ether oxygens (including phenoxy) is 1. The van der Waals surface area contributed by atoms with Gasteiger partial charge in [0.15, 0.2) is 0 Å². The van der Waals surface area contributed by atoms with Crippen LogP contribution in [0, 0.1) is 13.8 Å². The molecule has 0 saturated heterocycles. The molecule has 4 heteroatoms. The van der Waals surface area contributed by atoms with E-state index in [0.717, 1.165) is 29.0 Å². The number of hydrogen-bond acceptors (Lipinski definition) is 3. The molecular formula is C21H22ClNOS. The van der Waals surface area contributed by atoms with Gasteiger partial charge >= 0.3 is 0 Å². The molecule has 2 nitrogen and oxygen atoms in total. The summed E-state index contributed by atoms with van der Waals surface area (Å²) in [4.78, 5) is 1.09. The summed E-state index contributed by atoms with van der Waals surface area (Å²) in [6.07, 6.45) is 2.24. The highest BCUT2D eigenvalue weighted by Gasteiger charge is 2.16. The van der Waals surface area contributed by atoms with Gasteiger partial charge in [0.1, 0.15) is 17.5 Å². The Morgan fingerprint density at radius 1 is 1.08 bits per heavy atom. The molecule has 0 N–H and O–H groups in total. The minimum atomic E-state index is 0.422. The zero-order valence-corrected chi connectivity index (χ0v) is 16.4. The van der Waals surface area contributed by atoms with E-state index in [-0.39, 0.29) is 0 Å². The maximum atomic E-state index is 6.33. The van der Waals surface area contributed by atoms with Crippen LogP contribution in [0.1, 0.15) is 35.6 Å². The normalized spacial score (nSPS) is 10.9. The highest BCUT2D eigenvalue weighted by Crippen LogP contribution is 2.36. The van der Waals surface area contributed by atoms with Crippen molar-refractivity contribution in [3.63, 3.8) is 0 Å². The van der Waals surface area contributed by atoms with Crippen LogP contribution >= 0.6 is 23.1 Å². The van der Waals surface area contributed by atoms with Gasteiger partial charge in [-0.15, -0.1) is 0 Å². The fraction of sp³-hybridized carbons (Fsp3) is 0.286. The third-order valence-electron chi connectivity index (χ3n) is 4.21. The van der Waals surface area contributed by atoms with Crippen molar-refractivity contribution in [1.82, 2.24) is 4.37 Å². The van der Waals surface area contributed by atoms with Gasteiger partial charge in [0.2, 0.25) is 0 Å². The van der Waals surface area contributed by atoms with E-state index in [1.54, 1.807) is 0 Å². The highest BCUT2D eigenvalue weighted by atomic mass is 35.5. The van der Waals surface area contributed by atoms with Crippen LogP contribution in [0.15, 0.2) is 42.5 Å². The maximum Gasteiger partial charge on any atom is 0.150 e. The van der Waals surface area contributed by atoms with Crippen LogP contribution in [0.3, 0.4) is 0 Å². The van der Waals surface area contributed by atoms with Gasteiger partial charge in [-0.2, -0.15) is 4.37 Å². The van der Waals surface area contributed by atoms with E-state index in [1.807, 2.05) is 12.1 Å². The summed E-state index contributed by atoms with van der Waals surface area (Å²) in [5, 5.41) is 0.530. The smallest absolute Gasteiger partial charge is 0.150 e. The molecule has 0 aliphatic rings. The molecule has 0 unspecified atom stereocenters. The van der Waals surface area contributed by atoms with E-state index in [1.165, 1.54) is 33.8 Å². The number of halogens is 1. The molecule has 1 aromatic heterocycles. The van der Waals surface area contributed by atoms with Gasteiger partial charge in [0.25, 0.3) is 0 Å². The second-order valence-electron chi connectivity index (χ2n) is 6.28. The number of aromatic nitrogens is 1. The Morgan fingerprint density at radius 2 is 1.84 bits per heavy atom. The molecule has 3 aromatic rings. The summed E-state index contributed by atoms with van der Waals surface area (Å²) in [5.41, 5.74) is 5.94. The highest BCUT2D eigenvalue weighted by molar-refractivity contribution is 7.10. The first-order chi connectivity index (χ1) is 12.1. The van der Waals surface area contributed by atoms with Gasteiger partial charge in [-0.3, -0.25) is 0 Å². The first kappa shape index (κ1) is 18.0. The van der Waals surface area contributed by atoms with Crippen LogP contribution in [0.2, 0.25) is 5.15 Å². The molecule has 0 spiro atoms. The molecular weight excluding hydrogens is 350 g/mol. The molecule has 0 amide bonds. The first-order valence-corrected chi connectivity index (χ1v) is 9.67. The first-order valence-electron chi connectivity index (χ1n) is 8.52. The predicted molar refractivity (Wildman–Crippen MR) is 107 cm³/mol. The van der Waals surface area contributed by atoms with E-state index >= 15 is 0 Å². The van der Waals surface area contributed by atoms with E-state index in [4.69, 9.17) is 16.3 Å². The number of hydrogen-bond donors (Lipinski definition) is 0. The molecule has 0 fully saturated rings. The van der Waals surface area contributed by atoms with Crippen LogP contribution in [0.25, 0.3) is 10.4 Å². The van der Waals surface area contributed by atoms with Crippen LogP contribution in [0.5, 0.6) is 5.75 Å². The van der Waals surface area contributed by atoms with Crippen molar-refractivity contribution in [2.75, 3.05) is 0 Å². The molecule has 0 aliphatic heterocycles. The van der Waals surface area contributed by atoms with Crippen LogP contribution in [-0.2, 0) is 13.0 Å². The van der Waals surface area contributed by atoms with E-state index < -0.39 is 0 Å². The summed E-state index contributed by atoms with van der Waals surface area (Å²) >= 11 is 7.76. The summed E-state index contributed by atoms with van der Waals surface area (Å²) in [6.45, 7) is 6.82. The molecule has 130 valence electrons. The van der Waals surface area contributed by atoms with Crippen molar-refractivity contribution in [3.8, 4) is 16.2 Å². The Bertz CT molecular complexity index is 855. The number of aryl methyl sites for hydroxylation is 3. The zero-order valence-electron chi connectivity index (χ0n) is 14.8. The molecule has 0 atom stereocenters. The van der Waals surface area contributed by atoms with Crippen molar-refractivity contribution in [2.24, 2.45) is 0 Å². The lowest BCUT2D eigenvalue weighted by molar-refractivity contribution is 0.307. The molecule has 0 saturated carbocycles. The SMILES string of the molecule is CCCc1ccc(OCc2c(Cl)nsc2-c2ccc(C)cc2C)cc1. The minimum absolute atomic E-state index is 0.422. The zero-order chi connectivity index (χ0) is 17.8. The lowest BCUT2D eigenvalue weighted by Gasteiger charge is -2.10. The molecule has 3 rings (SSSR count). The Kier molecular flexibility index (Phi) is 5.77. The predicted octanol–water partition coefficient (Wildman–Crippen LogP) is 6.61. The molecule has 1 heterocycles. The lowest BCUT2D eigenvalue weighted by atomic mass is 10.0. The van der Waals surface area contributed by atoms with Crippen molar-refractivity contribution < 1.29 is 4.74 Å². The Labute approximate surface area is 158 Å².